The van der Waals surface area contributed by atoms with Crippen LogP contribution in [0.4, 0.5) is 8.78 Å². The SMILES string of the molecule is Fc1ccc(C2=NCCN[C@@H]2c2ccc(F)cc2)cc1. The molecule has 4 heteroatoms. The summed E-state index contributed by atoms with van der Waals surface area (Å²) in [6.45, 7) is 1.46. The Labute approximate surface area is 116 Å². The van der Waals surface area contributed by atoms with Crippen LogP contribution in [0.2, 0.25) is 0 Å². The van der Waals surface area contributed by atoms with Crippen molar-refractivity contribution in [2.24, 2.45) is 4.99 Å². The average molecular weight is 272 g/mol. The lowest BCUT2D eigenvalue weighted by molar-refractivity contribution is 0.610. The maximum Gasteiger partial charge on any atom is 0.123 e. The highest BCUT2D eigenvalue weighted by atomic mass is 19.1. The third-order valence-corrected chi connectivity index (χ3v) is 3.36. The van der Waals surface area contributed by atoms with Gasteiger partial charge in [-0.2, -0.15) is 0 Å². The van der Waals surface area contributed by atoms with Gasteiger partial charge in [0, 0.05) is 6.54 Å². The second kappa shape index (κ2) is 5.51. The number of nitrogens with zero attached hydrogens (tertiary/aromatic N) is 1. The van der Waals surface area contributed by atoms with Gasteiger partial charge in [-0.15, -0.1) is 0 Å². The van der Waals surface area contributed by atoms with Crippen molar-refractivity contribution in [3.05, 3.63) is 71.3 Å². The van der Waals surface area contributed by atoms with Crippen LogP contribution in [0.1, 0.15) is 17.2 Å². The van der Waals surface area contributed by atoms with Crippen LogP contribution in [0, 0.1) is 11.6 Å². The Morgan fingerprint density at radius 1 is 0.900 bits per heavy atom. The number of rotatable bonds is 2. The lowest BCUT2D eigenvalue weighted by Crippen LogP contribution is -2.35. The molecule has 1 N–H and O–H groups in total. The first-order valence-corrected chi connectivity index (χ1v) is 6.53. The Kier molecular flexibility index (Phi) is 3.56. The second-order valence-electron chi connectivity index (χ2n) is 4.71. The zero-order valence-corrected chi connectivity index (χ0v) is 10.8. The Morgan fingerprint density at radius 2 is 1.50 bits per heavy atom. The Hall–Kier alpha value is -2.07. The number of aliphatic imine (C=N–C) groups is 1. The molecular weight excluding hydrogens is 258 g/mol. The molecule has 0 bridgehead atoms. The highest BCUT2D eigenvalue weighted by molar-refractivity contribution is 6.05. The van der Waals surface area contributed by atoms with E-state index in [1.807, 2.05) is 0 Å². The minimum Gasteiger partial charge on any atom is -0.303 e. The maximum atomic E-state index is 13.0. The summed E-state index contributed by atoms with van der Waals surface area (Å²) in [5.74, 6) is -0.527. The van der Waals surface area contributed by atoms with Gasteiger partial charge in [0.1, 0.15) is 11.6 Å². The molecule has 2 aromatic rings. The smallest absolute Gasteiger partial charge is 0.123 e. The predicted molar refractivity (Wildman–Crippen MR) is 74.9 cm³/mol. The molecule has 0 fully saturated rings. The molecule has 20 heavy (non-hydrogen) atoms. The van der Waals surface area contributed by atoms with Gasteiger partial charge in [-0.3, -0.25) is 4.99 Å². The monoisotopic (exact) mass is 272 g/mol. The third kappa shape index (κ3) is 2.60. The molecule has 2 aromatic carbocycles. The fraction of sp³-hybridized carbons (Fsp3) is 0.188. The van der Waals surface area contributed by atoms with Crippen molar-refractivity contribution in [1.29, 1.82) is 0 Å². The van der Waals surface area contributed by atoms with E-state index in [9.17, 15) is 8.78 Å². The van der Waals surface area contributed by atoms with Crippen LogP contribution >= 0.6 is 0 Å². The molecule has 0 aliphatic carbocycles. The summed E-state index contributed by atoms with van der Waals surface area (Å²) in [6.07, 6.45) is 0. The highest BCUT2D eigenvalue weighted by Crippen LogP contribution is 2.22. The summed E-state index contributed by atoms with van der Waals surface area (Å²) >= 11 is 0. The summed E-state index contributed by atoms with van der Waals surface area (Å²) in [4.78, 5) is 4.55. The molecule has 1 heterocycles. The van der Waals surface area contributed by atoms with E-state index in [-0.39, 0.29) is 17.7 Å². The summed E-state index contributed by atoms with van der Waals surface area (Å²) in [5, 5.41) is 3.37. The van der Waals surface area contributed by atoms with Gasteiger partial charge in [-0.05, 0) is 35.4 Å². The molecule has 0 radical (unpaired) electrons. The minimum atomic E-state index is -0.267. The molecule has 1 atom stereocenters. The highest BCUT2D eigenvalue weighted by Gasteiger charge is 2.22. The summed E-state index contributed by atoms with van der Waals surface area (Å²) in [5.41, 5.74) is 2.70. The first-order valence-electron chi connectivity index (χ1n) is 6.53. The molecule has 0 spiro atoms. The lowest BCUT2D eigenvalue weighted by Gasteiger charge is -2.25. The van der Waals surface area contributed by atoms with Crippen molar-refractivity contribution >= 4 is 5.71 Å². The van der Waals surface area contributed by atoms with Crippen molar-refractivity contribution in [3.8, 4) is 0 Å². The van der Waals surface area contributed by atoms with Crippen LogP contribution < -0.4 is 5.32 Å². The van der Waals surface area contributed by atoms with Gasteiger partial charge in [0.25, 0.3) is 0 Å². The van der Waals surface area contributed by atoms with E-state index in [2.05, 4.69) is 10.3 Å². The Bertz CT molecular complexity index is 618. The number of halogens is 2. The van der Waals surface area contributed by atoms with Crippen LogP contribution in [0.3, 0.4) is 0 Å². The first-order chi connectivity index (χ1) is 9.74. The average Bonchev–Trinajstić information content (AvgIpc) is 2.49. The van der Waals surface area contributed by atoms with E-state index in [1.165, 1.54) is 24.3 Å². The normalized spacial score (nSPS) is 18.7. The molecule has 102 valence electrons. The molecule has 0 amide bonds. The van der Waals surface area contributed by atoms with E-state index in [0.29, 0.717) is 6.54 Å². The summed E-state index contributed by atoms with van der Waals surface area (Å²) < 4.78 is 26.0. The quantitative estimate of drug-likeness (QED) is 0.892. The maximum absolute atomic E-state index is 13.0. The van der Waals surface area contributed by atoms with Gasteiger partial charge < -0.3 is 5.32 Å². The lowest BCUT2D eigenvalue weighted by atomic mass is 9.95. The van der Waals surface area contributed by atoms with Crippen molar-refractivity contribution < 1.29 is 8.78 Å². The molecular formula is C16H14F2N2. The van der Waals surface area contributed by atoms with Gasteiger partial charge in [0.2, 0.25) is 0 Å². The van der Waals surface area contributed by atoms with E-state index in [4.69, 9.17) is 0 Å². The second-order valence-corrected chi connectivity index (χ2v) is 4.71. The van der Waals surface area contributed by atoms with Crippen LogP contribution in [0.25, 0.3) is 0 Å². The summed E-state index contributed by atoms with van der Waals surface area (Å²) in [7, 11) is 0. The van der Waals surface area contributed by atoms with Crippen molar-refractivity contribution in [3.63, 3.8) is 0 Å². The number of nitrogens with one attached hydrogen (secondary N) is 1. The molecule has 3 rings (SSSR count). The van der Waals surface area contributed by atoms with Crippen molar-refractivity contribution in [2.75, 3.05) is 13.1 Å². The predicted octanol–water partition coefficient (Wildman–Crippen LogP) is 3.10. The zero-order valence-electron chi connectivity index (χ0n) is 10.8. The summed E-state index contributed by atoms with van der Waals surface area (Å²) in [6, 6.07) is 12.6. The zero-order chi connectivity index (χ0) is 13.9. The molecule has 2 nitrogen and oxygen atoms in total. The number of hydrogen-bond acceptors (Lipinski definition) is 2. The van der Waals surface area contributed by atoms with Crippen LogP contribution in [-0.4, -0.2) is 18.8 Å². The van der Waals surface area contributed by atoms with E-state index < -0.39 is 0 Å². The topological polar surface area (TPSA) is 24.4 Å². The molecule has 1 aliphatic heterocycles. The van der Waals surface area contributed by atoms with Crippen LogP contribution in [0.15, 0.2) is 53.5 Å². The molecule has 1 aliphatic rings. The first kappa shape index (κ1) is 12.9. The van der Waals surface area contributed by atoms with Crippen LogP contribution in [-0.2, 0) is 0 Å². The molecule has 0 saturated heterocycles. The fourth-order valence-corrected chi connectivity index (χ4v) is 2.38. The van der Waals surface area contributed by atoms with Gasteiger partial charge in [-0.1, -0.05) is 24.3 Å². The molecule has 0 aromatic heterocycles. The van der Waals surface area contributed by atoms with E-state index in [1.54, 1.807) is 24.3 Å². The van der Waals surface area contributed by atoms with Gasteiger partial charge in [0.15, 0.2) is 0 Å². The van der Waals surface area contributed by atoms with Gasteiger partial charge in [-0.25, -0.2) is 8.78 Å². The Balaban J connectivity index is 1.97. The van der Waals surface area contributed by atoms with Crippen molar-refractivity contribution in [2.45, 2.75) is 6.04 Å². The molecule has 0 unspecified atom stereocenters. The largest absolute Gasteiger partial charge is 0.303 e. The van der Waals surface area contributed by atoms with Crippen LogP contribution in [0.5, 0.6) is 0 Å². The molecule has 0 saturated carbocycles. The Morgan fingerprint density at radius 3 is 2.15 bits per heavy atom. The number of hydrogen-bond donors (Lipinski definition) is 1. The minimum absolute atomic E-state index is 0.0881. The number of benzene rings is 2. The van der Waals surface area contributed by atoms with Gasteiger partial charge >= 0.3 is 0 Å². The van der Waals surface area contributed by atoms with E-state index in [0.717, 1.165) is 23.4 Å². The van der Waals surface area contributed by atoms with Gasteiger partial charge in [0.05, 0.1) is 18.3 Å². The van der Waals surface area contributed by atoms with Crippen molar-refractivity contribution in [1.82, 2.24) is 5.32 Å². The fourth-order valence-electron chi connectivity index (χ4n) is 2.38. The third-order valence-electron chi connectivity index (χ3n) is 3.36. The standard InChI is InChI=1S/C16H14F2N2/c17-13-5-1-11(2-6-13)15-16(20-10-9-19-15)12-3-7-14(18)8-4-12/h1-8,15,19H,9-10H2/t15-/m1/s1. The van der Waals surface area contributed by atoms with E-state index >= 15 is 0 Å².